The number of carbonyl (C=O) groups excluding carboxylic acids is 2. The summed E-state index contributed by atoms with van der Waals surface area (Å²) in [6.45, 7) is 1.64. The molecule has 1 atom stereocenters. The highest BCUT2D eigenvalue weighted by Gasteiger charge is 2.18. The fraction of sp³-hybridized carbons (Fsp3) is 0.130. The minimum Gasteiger partial charge on any atom is -0.497 e. The average molecular weight is 420 g/mol. The molecule has 158 valence electrons. The van der Waals surface area contributed by atoms with Crippen LogP contribution < -0.4 is 14.8 Å². The van der Waals surface area contributed by atoms with E-state index < -0.39 is 16.9 Å². The van der Waals surface area contributed by atoms with Crippen LogP contribution in [0.3, 0.4) is 0 Å². The van der Waals surface area contributed by atoms with Crippen molar-refractivity contribution in [1.82, 2.24) is 0 Å². The van der Waals surface area contributed by atoms with E-state index >= 15 is 0 Å². The van der Waals surface area contributed by atoms with Crippen LogP contribution in [0.4, 0.5) is 11.4 Å². The molecule has 0 aliphatic carbocycles. The summed E-state index contributed by atoms with van der Waals surface area (Å²) in [5, 5.41) is 13.6. The smallest absolute Gasteiger partial charge is 0.270 e. The molecule has 3 aromatic rings. The Morgan fingerprint density at radius 2 is 1.65 bits per heavy atom. The van der Waals surface area contributed by atoms with Gasteiger partial charge in [-0.3, -0.25) is 19.7 Å². The van der Waals surface area contributed by atoms with Gasteiger partial charge in [0, 0.05) is 35.0 Å². The maximum Gasteiger partial charge on any atom is 0.270 e. The predicted molar refractivity (Wildman–Crippen MR) is 115 cm³/mol. The number of nitrogens with zero attached hydrogens (tertiary/aromatic N) is 1. The highest BCUT2D eigenvalue weighted by Crippen LogP contribution is 2.22. The Morgan fingerprint density at radius 3 is 2.32 bits per heavy atom. The fourth-order valence-corrected chi connectivity index (χ4v) is 2.86. The topological polar surface area (TPSA) is 108 Å². The van der Waals surface area contributed by atoms with E-state index in [1.54, 1.807) is 62.6 Å². The minimum absolute atomic E-state index is 0.156. The lowest BCUT2D eigenvalue weighted by atomic mass is 10.1. The molecule has 0 unspecified atom stereocenters. The van der Waals surface area contributed by atoms with Crippen molar-refractivity contribution in [3.8, 4) is 11.5 Å². The van der Waals surface area contributed by atoms with Crippen LogP contribution in [-0.2, 0) is 0 Å². The Morgan fingerprint density at radius 1 is 0.935 bits per heavy atom. The molecule has 0 spiro atoms. The van der Waals surface area contributed by atoms with Gasteiger partial charge >= 0.3 is 0 Å². The number of ketones is 1. The highest BCUT2D eigenvalue weighted by atomic mass is 16.6. The van der Waals surface area contributed by atoms with Gasteiger partial charge in [0.1, 0.15) is 11.5 Å². The highest BCUT2D eigenvalue weighted by molar-refractivity contribution is 6.04. The second-order valence-corrected chi connectivity index (χ2v) is 6.64. The van der Waals surface area contributed by atoms with Crippen molar-refractivity contribution in [3.63, 3.8) is 0 Å². The number of rotatable bonds is 8. The number of methoxy groups -OCH3 is 1. The molecule has 0 fully saturated rings. The number of ether oxygens (including phenoxy) is 2. The van der Waals surface area contributed by atoms with Crippen molar-refractivity contribution in [1.29, 1.82) is 0 Å². The fourth-order valence-electron chi connectivity index (χ4n) is 2.86. The van der Waals surface area contributed by atoms with E-state index in [-0.39, 0.29) is 17.0 Å². The quantitative estimate of drug-likeness (QED) is 0.326. The molecule has 0 aliphatic heterocycles. The molecule has 8 nitrogen and oxygen atoms in total. The number of nitro benzene ring substituents is 1. The van der Waals surface area contributed by atoms with Crippen molar-refractivity contribution < 1.29 is 24.0 Å². The molecule has 0 saturated heterocycles. The van der Waals surface area contributed by atoms with Gasteiger partial charge in [-0.15, -0.1) is 0 Å². The van der Waals surface area contributed by atoms with Crippen molar-refractivity contribution in [2.75, 3.05) is 12.4 Å². The first kappa shape index (κ1) is 21.5. The number of non-ortho nitro benzene ring substituents is 1. The maximum atomic E-state index is 12.6. The van der Waals surface area contributed by atoms with Crippen molar-refractivity contribution in [2.45, 2.75) is 13.0 Å². The largest absolute Gasteiger partial charge is 0.497 e. The van der Waals surface area contributed by atoms with Gasteiger partial charge in [-0.1, -0.05) is 12.1 Å². The number of Topliss-reactive ketones (excluding diaryl/α,β-unsaturated/α-hetero) is 1. The Balaban J connectivity index is 1.68. The van der Waals surface area contributed by atoms with Crippen LogP contribution in [0.25, 0.3) is 0 Å². The predicted octanol–water partition coefficient (Wildman–Crippen LogP) is 4.51. The lowest BCUT2D eigenvalue weighted by molar-refractivity contribution is -0.384. The Bertz CT molecular complexity index is 1110. The third-order valence-electron chi connectivity index (χ3n) is 4.47. The zero-order valence-electron chi connectivity index (χ0n) is 16.9. The molecule has 0 saturated carbocycles. The van der Waals surface area contributed by atoms with Crippen LogP contribution in [-0.4, -0.2) is 29.8 Å². The van der Waals surface area contributed by atoms with Gasteiger partial charge < -0.3 is 14.8 Å². The van der Waals surface area contributed by atoms with E-state index in [0.29, 0.717) is 22.7 Å². The molecule has 3 aromatic carbocycles. The van der Waals surface area contributed by atoms with Gasteiger partial charge in [-0.25, -0.2) is 0 Å². The molecule has 31 heavy (non-hydrogen) atoms. The first-order valence-corrected chi connectivity index (χ1v) is 9.38. The monoisotopic (exact) mass is 420 g/mol. The van der Waals surface area contributed by atoms with E-state index in [1.807, 2.05) is 0 Å². The van der Waals surface area contributed by atoms with Crippen LogP contribution in [0.1, 0.15) is 27.6 Å². The second-order valence-electron chi connectivity index (χ2n) is 6.64. The van der Waals surface area contributed by atoms with Crippen molar-refractivity contribution in [3.05, 3.63) is 94.0 Å². The number of nitrogens with one attached hydrogen (secondary N) is 1. The lowest BCUT2D eigenvalue weighted by Crippen LogP contribution is -2.24. The second kappa shape index (κ2) is 9.53. The summed E-state index contributed by atoms with van der Waals surface area (Å²) in [5.74, 6) is 0.348. The first-order valence-electron chi connectivity index (χ1n) is 9.38. The van der Waals surface area contributed by atoms with E-state index in [9.17, 15) is 19.7 Å². The number of carbonyl (C=O) groups is 2. The summed E-state index contributed by atoms with van der Waals surface area (Å²) in [4.78, 5) is 35.4. The van der Waals surface area contributed by atoms with Gasteiger partial charge in [-0.2, -0.15) is 0 Å². The molecule has 3 rings (SSSR count). The van der Waals surface area contributed by atoms with Crippen LogP contribution in [0.5, 0.6) is 11.5 Å². The average Bonchev–Trinajstić information content (AvgIpc) is 2.79. The molecule has 0 bridgehead atoms. The summed E-state index contributed by atoms with van der Waals surface area (Å²) >= 11 is 0. The van der Waals surface area contributed by atoms with Crippen LogP contribution in [0.2, 0.25) is 0 Å². The third kappa shape index (κ3) is 5.45. The van der Waals surface area contributed by atoms with E-state index in [1.165, 1.54) is 24.3 Å². The van der Waals surface area contributed by atoms with E-state index in [4.69, 9.17) is 9.47 Å². The molecule has 8 heteroatoms. The minimum atomic E-state index is -0.754. The Labute approximate surface area is 178 Å². The zero-order valence-corrected chi connectivity index (χ0v) is 16.9. The van der Waals surface area contributed by atoms with Gasteiger partial charge in [0.2, 0.25) is 5.78 Å². The van der Waals surface area contributed by atoms with Crippen LogP contribution in [0.15, 0.2) is 72.8 Å². The van der Waals surface area contributed by atoms with Gasteiger partial charge in [0.25, 0.3) is 11.6 Å². The number of anilines is 1. The number of hydrogen-bond acceptors (Lipinski definition) is 6. The SMILES string of the molecule is COc1ccc(C(=O)[C@@H](C)Oc2cccc(NC(=O)c3cccc([N+](=O)[O-])c3)c2)cc1. The zero-order chi connectivity index (χ0) is 22.4. The summed E-state index contributed by atoms with van der Waals surface area (Å²) < 4.78 is 10.8. The van der Waals surface area contributed by atoms with Crippen LogP contribution >= 0.6 is 0 Å². The molecular formula is C23H20N2O6. The molecular weight excluding hydrogens is 400 g/mol. The van der Waals surface area contributed by atoms with Crippen molar-refractivity contribution in [2.24, 2.45) is 0 Å². The van der Waals surface area contributed by atoms with Crippen molar-refractivity contribution >= 4 is 23.1 Å². The van der Waals surface area contributed by atoms with E-state index in [0.717, 1.165) is 0 Å². The third-order valence-corrected chi connectivity index (χ3v) is 4.47. The number of hydrogen-bond donors (Lipinski definition) is 1. The van der Waals surface area contributed by atoms with Gasteiger partial charge in [-0.05, 0) is 49.4 Å². The molecule has 0 radical (unpaired) electrons. The van der Waals surface area contributed by atoms with E-state index in [2.05, 4.69) is 5.32 Å². The maximum absolute atomic E-state index is 12.6. The molecule has 1 amide bonds. The summed E-state index contributed by atoms with van der Waals surface area (Å²) in [6.07, 6.45) is -0.754. The number of benzene rings is 3. The Kier molecular flexibility index (Phi) is 6.61. The summed E-state index contributed by atoms with van der Waals surface area (Å²) in [7, 11) is 1.55. The summed E-state index contributed by atoms with van der Waals surface area (Å²) in [5.41, 5.74) is 0.903. The Hall–Kier alpha value is -4.20. The molecule has 0 aliphatic rings. The number of amides is 1. The molecule has 0 aromatic heterocycles. The van der Waals surface area contributed by atoms with Gasteiger partial charge in [0.05, 0.1) is 12.0 Å². The molecule has 0 heterocycles. The standard InChI is InChI=1S/C23H20N2O6/c1-15(22(26)16-9-11-20(30-2)12-10-16)31-21-8-4-6-18(14-21)24-23(27)17-5-3-7-19(13-17)25(28)29/h3-15H,1-2H3,(H,24,27)/t15-/m1/s1. The first-order chi connectivity index (χ1) is 14.9. The normalized spacial score (nSPS) is 11.3. The number of nitro groups is 1. The molecule has 1 N–H and O–H groups in total. The summed E-state index contributed by atoms with van der Waals surface area (Å²) in [6, 6.07) is 18.7. The van der Waals surface area contributed by atoms with Gasteiger partial charge in [0.15, 0.2) is 6.10 Å². The lowest BCUT2D eigenvalue weighted by Gasteiger charge is -2.15. The van der Waals surface area contributed by atoms with Crippen LogP contribution in [0, 0.1) is 10.1 Å².